The van der Waals surface area contributed by atoms with Gasteiger partial charge in [0.25, 0.3) is 0 Å². The van der Waals surface area contributed by atoms with E-state index in [0.717, 1.165) is 31.7 Å². The van der Waals surface area contributed by atoms with Crippen LogP contribution in [0.2, 0.25) is 0 Å². The molecule has 1 aromatic heterocycles. The average molecular weight is 238 g/mol. The van der Waals surface area contributed by atoms with Gasteiger partial charge in [-0.05, 0) is 30.7 Å². The molecule has 4 nitrogen and oxygen atoms in total. The van der Waals surface area contributed by atoms with E-state index in [1.54, 1.807) is 0 Å². The molecule has 0 radical (unpaired) electrons. The predicted molar refractivity (Wildman–Crippen MR) is 66.3 cm³/mol. The lowest BCUT2D eigenvalue weighted by Gasteiger charge is -2.22. The lowest BCUT2D eigenvalue weighted by molar-refractivity contribution is 0.0843. The highest BCUT2D eigenvalue weighted by molar-refractivity contribution is 5.30. The van der Waals surface area contributed by atoms with Crippen molar-refractivity contribution in [3.05, 3.63) is 17.0 Å². The highest BCUT2D eigenvalue weighted by Gasteiger charge is 2.23. The van der Waals surface area contributed by atoms with E-state index >= 15 is 0 Å². The van der Waals surface area contributed by atoms with Crippen molar-refractivity contribution in [3.8, 4) is 0 Å². The first-order valence-electron chi connectivity index (χ1n) is 6.49. The van der Waals surface area contributed by atoms with Gasteiger partial charge in [-0.15, -0.1) is 0 Å². The van der Waals surface area contributed by atoms with Crippen molar-refractivity contribution in [1.29, 1.82) is 0 Å². The molecule has 1 aromatic rings. The van der Waals surface area contributed by atoms with E-state index in [0.29, 0.717) is 18.3 Å². The minimum Gasteiger partial charge on any atom is -0.396 e. The normalized spacial score (nSPS) is 17.9. The van der Waals surface area contributed by atoms with Gasteiger partial charge in [0, 0.05) is 31.4 Å². The van der Waals surface area contributed by atoms with Crippen molar-refractivity contribution in [2.75, 3.05) is 19.8 Å². The number of rotatable bonds is 4. The number of aliphatic hydroxyl groups is 1. The first kappa shape index (κ1) is 12.6. The Kier molecular flexibility index (Phi) is 4.18. The lowest BCUT2D eigenvalue weighted by Crippen LogP contribution is -2.16. The number of nitrogens with zero attached hydrogens (tertiary/aromatic N) is 1. The topological polar surface area (TPSA) is 58.1 Å². The molecule has 0 aromatic carbocycles. The predicted octanol–water partition coefficient (Wildman–Crippen LogP) is 1.96. The van der Waals surface area contributed by atoms with E-state index in [9.17, 15) is 5.11 Å². The maximum Gasteiger partial charge on any atom is 0.0683 e. The average Bonchev–Trinajstić information content (AvgIpc) is 2.75. The Hall–Kier alpha value is -0.870. The molecule has 1 saturated heterocycles. The van der Waals surface area contributed by atoms with Crippen molar-refractivity contribution in [1.82, 2.24) is 10.2 Å². The van der Waals surface area contributed by atoms with Gasteiger partial charge in [0.15, 0.2) is 0 Å². The zero-order chi connectivity index (χ0) is 12.3. The van der Waals surface area contributed by atoms with Gasteiger partial charge < -0.3 is 9.84 Å². The molecule has 17 heavy (non-hydrogen) atoms. The van der Waals surface area contributed by atoms with Crippen LogP contribution >= 0.6 is 0 Å². The summed E-state index contributed by atoms with van der Waals surface area (Å²) >= 11 is 0. The fraction of sp³-hybridized carbons (Fsp3) is 0.769. The number of hydrogen-bond acceptors (Lipinski definition) is 3. The summed E-state index contributed by atoms with van der Waals surface area (Å²) in [5.74, 6) is 0.923. The number of ether oxygens (including phenoxy) is 1. The van der Waals surface area contributed by atoms with Gasteiger partial charge in [0.1, 0.15) is 0 Å². The van der Waals surface area contributed by atoms with Crippen LogP contribution in [0, 0.1) is 0 Å². The highest BCUT2D eigenvalue weighted by atomic mass is 16.5. The molecule has 1 fully saturated rings. The second-order valence-electron chi connectivity index (χ2n) is 5.02. The molecule has 0 bridgehead atoms. The molecule has 2 rings (SSSR count). The van der Waals surface area contributed by atoms with Crippen molar-refractivity contribution < 1.29 is 9.84 Å². The summed E-state index contributed by atoms with van der Waals surface area (Å²) in [7, 11) is 0. The molecule has 0 aliphatic carbocycles. The number of H-pyrrole nitrogens is 1. The van der Waals surface area contributed by atoms with E-state index in [1.807, 2.05) is 0 Å². The molecule has 0 amide bonds. The largest absolute Gasteiger partial charge is 0.396 e. The molecule has 0 spiro atoms. The number of aromatic nitrogens is 2. The third-order valence-electron chi connectivity index (χ3n) is 3.47. The van der Waals surface area contributed by atoms with Gasteiger partial charge in [0.2, 0.25) is 0 Å². The number of hydrogen-bond donors (Lipinski definition) is 2. The second kappa shape index (κ2) is 5.65. The van der Waals surface area contributed by atoms with Crippen LogP contribution in [0.1, 0.15) is 55.5 Å². The van der Waals surface area contributed by atoms with Crippen LogP contribution in [-0.2, 0) is 11.2 Å². The zero-order valence-corrected chi connectivity index (χ0v) is 10.7. The number of aromatic amines is 1. The molecule has 96 valence electrons. The lowest BCUT2D eigenvalue weighted by atomic mass is 9.90. The van der Waals surface area contributed by atoms with E-state index in [-0.39, 0.29) is 6.61 Å². The first-order valence-corrected chi connectivity index (χ1v) is 6.49. The zero-order valence-electron chi connectivity index (χ0n) is 10.7. The number of nitrogens with one attached hydrogen (secondary N) is 1. The molecule has 1 aliphatic rings. The maximum atomic E-state index is 9.20. The fourth-order valence-electron chi connectivity index (χ4n) is 2.57. The summed E-state index contributed by atoms with van der Waals surface area (Å²) in [6.45, 7) is 6.14. The third-order valence-corrected chi connectivity index (χ3v) is 3.47. The first-order chi connectivity index (χ1) is 8.24. The summed E-state index contributed by atoms with van der Waals surface area (Å²) in [6.07, 6.45) is 2.81. The van der Waals surface area contributed by atoms with Gasteiger partial charge in [-0.25, -0.2) is 0 Å². The van der Waals surface area contributed by atoms with Gasteiger partial charge in [-0.3, -0.25) is 5.10 Å². The SMILES string of the molecule is CC(C)c1n[nH]c(C2CCOCC2)c1CCO. The molecule has 0 saturated carbocycles. The van der Waals surface area contributed by atoms with E-state index < -0.39 is 0 Å². The minimum absolute atomic E-state index is 0.190. The fourth-order valence-corrected chi connectivity index (χ4v) is 2.57. The Morgan fingerprint density at radius 3 is 2.71 bits per heavy atom. The molecule has 2 N–H and O–H groups in total. The van der Waals surface area contributed by atoms with Crippen LogP contribution < -0.4 is 0 Å². The van der Waals surface area contributed by atoms with Crippen molar-refractivity contribution in [2.45, 2.75) is 44.9 Å². The standard InChI is InChI=1S/C13H22N2O2/c1-9(2)12-11(3-6-16)13(15-14-12)10-4-7-17-8-5-10/h9-10,16H,3-8H2,1-2H3,(H,14,15). The van der Waals surface area contributed by atoms with Crippen molar-refractivity contribution in [2.24, 2.45) is 0 Å². The minimum atomic E-state index is 0.190. The highest BCUT2D eigenvalue weighted by Crippen LogP contribution is 2.31. The summed E-state index contributed by atoms with van der Waals surface area (Å²) < 4.78 is 5.39. The Morgan fingerprint density at radius 2 is 2.12 bits per heavy atom. The Morgan fingerprint density at radius 1 is 1.41 bits per heavy atom. The Bertz CT molecular complexity index is 354. The van der Waals surface area contributed by atoms with Crippen LogP contribution in [0.25, 0.3) is 0 Å². The van der Waals surface area contributed by atoms with Gasteiger partial charge in [0.05, 0.1) is 5.69 Å². The number of aliphatic hydroxyl groups excluding tert-OH is 1. The van der Waals surface area contributed by atoms with Crippen LogP contribution in [0.15, 0.2) is 0 Å². The van der Waals surface area contributed by atoms with Crippen LogP contribution in [0.3, 0.4) is 0 Å². The summed E-state index contributed by atoms with van der Waals surface area (Å²) in [4.78, 5) is 0. The Balaban J connectivity index is 2.25. The summed E-state index contributed by atoms with van der Waals surface area (Å²) in [6, 6.07) is 0. The van der Waals surface area contributed by atoms with Gasteiger partial charge in [-0.1, -0.05) is 13.8 Å². The van der Waals surface area contributed by atoms with Crippen molar-refractivity contribution >= 4 is 0 Å². The van der Waals surface area contributed by atoms with Crippen molar-refractivity contribution in [3.63, 3.8) is 0 Å². The molecule has 2 heterocycles. The van der Waals surface area contributed by atoms with Crippen LogP contribution in [0.5, 0.6) is 0 Å². The third kappa shape index (κ3) is 2.69. The van der Waals surface area contributed by atoms with Crippen LogP contribution in [-0.4, -0.2) is 35.1 Å². The summed E-state index contributed by atoms with van der Waals surface area (Å²) in [5.41, 5.74) is 3.57. The van der Waals surface area contributed by atoms with E-state index in [2.05, 4.69) is 24.0 Å². The van der Waals surface area contributed by atoms with Crippen LogP contribution in [0.4, 0.5) is 0 Å². The molecule has 4 heteroatoms. The maximum absolute atomic E-state index is 9.20. The smallest absolute Gasteiger partial charge is 0.0683 e. The van der Waals surface area contributed by atoms with E-state index in [4.69, 9.17) is 4.74 Å². The van der Waals surface area contributed by atoms with E-state index in [1.165, 1.54) is 11.3 Å². The monoisotopic (exact) mass is 238 g/mol. The summed E-state index contributed by atoms with van der Waals surface area (Å²) in [5, 5.41) is 16.8. The molecule has 0 atom stereocenters. The Labute approximate surface area is 102 Å². The quantitative estimate of drug-likeness (QED) is 0.843. The molecular weight excluding hydrogens is 216 g/mol. The molecule has 1 aliphatic heterocycles. The molecule has 0 unspecified atom stereocenters. The van der Waals surface area contributed by atoms with Gasteiger partial charge in [-0.2, -0.15) is 5.10 Å². The van der Waals surface area contributed by atoms with Gasteiger partial charge >= 0.3 is 0 Å². The second-order valence-corrected chi connectivity index (χ2v) is 5.02. The molecular formula is C13H22N2O2.